The molecule has 0 atom stereocenters. The molecule has 0 aliphatic heterocycles. The Kier molecular flexibility index (Phi) is 4.09. The third-order valence-electron chi connectivity index (χ3n) is 1.69. The van der Waals surface area contributed by atoms with Crippen LogP contribution < -0.4 is 5.73 Å². The van der Waals surface area contributed by atoms with Crippen LogP contribution in [-0.2, 0) is 22.6 Å². The molecule has 0 unspecified atom stereocenters. The van der Waals surface area contributed by atoms with Crippen molar-refractivity contribution in [3.63, 3.8) is 0 Å². The smallest absolute Gasteiger partial charge is 0.328 e. The molecule has 5 nitrogen and oxygen atoms in total. The summed E-state index contributed by atoms with van der Waals surface area (Å²) in [7, 11) is 0. The molecular weight excluding hydrogens is 274 g/mol. The van der Waals surface area contributed by atoms with Crippen LogP contribution in [0.25, 0.3) is 0 Å². The number of carbonyl (C=O) groups is 1. The Bertz CT molecular complexity index is 382. The highest BCUT2D eigenvalue weighted by Crippen LogP contribution is 2.14. The fraction of sp³-hybridized carbons (Fsp3) is 0.600. The van der Waals surface area contributed by atoms with Crippen molar-refractivity contribution in [2.45, 2.75) is 39.5 Å². The second-order valence-corrected chi connectivity index (χ2v) is 5.27. The van der Waals surface area contributed by atoms with Gasteiger partial charge in [-0.1, -0.05) is 0 Å². The molecule has 16 heavy (non-hydrogen) atoms. The van der Waals surface area contributed by atoms with E-state index in [0.29, 0.717) is 6.54 Å². The summed E-state index contributed by atoms with van der Waals surface area (Å²) in [5.74, 6) is -0.314. The van der Waals surface area contributed by atoms with Crippen LogP contribution in [0.4, 0.5) is 0 Å². The summed E-state index contributed by atoms with van der Waals surface area (Å²) in [6.07, 6.45) is 1.71. The number of carbonyl (C=O) groups excluding carboxylic acids is 1. The predicted molar refractivity (Wildman–Crippen MR) is 63.7 cm³/mol. The van der Waals surface area contributed by atoms with Crippen LogP contribution in [0.3, 0.4) is 0 Å². The number of nitrogens with two attached hydrogens (primary N) is 1. The van der Waals surface area contributed by atoms with E-state index in [9.17, 15) is 4.79 Å². The molecule has 0 radical (unpaired) electrons. The lowest BCUT2D eigenvalue weighted by atomic mass is 10.2. The summed E-state index contributed by atoms with van der Waals surface area (Å²) in [5, 5.41) is 4.14. The van der Waals surface area contributed by atoms with Crippen LogP contribution in [0.2, 0.25) is 0 Å². The lowest BCUT2D eigenvalue weighted by molar-refractivity contribution is -0.155. The van der Waals surface area contributed by atoms with Gasteiger partial charge in [0.15, 0.2) is 0 Å². The summed E-state index contributed by atoms with van der Waals surface area (Å²) >= 11 is 3.31. The van der Waals surface area contributed by atoms with Crippen LogP contribution in [0.5, 0.6) is 0 Å². The molecule has 0 fully saturated rings. The molecule has 0 saturated carbocycles. The van der Waals surface area contributed by atoms with Crippen LogP contribution in [0.15, 0.2) is 10.7 Å². The zero-order valence-electron chi connectivity index (χ0n) is 9.66. The largest absolute Gasteiger partial charge is 0.459 e. The Hall–Kier alpha value is -0.880. The van der Waals surface area contributed by atoms with E-state index in [4.69, 9.17) is 10.5 Å². The molecular formula is C10H16BrN3O2. The maximum atomic E-state index is 11.5. The Morgan fingerprint density at radius 2 is 2.25 bits per heavy atom. The van der Waals surface area contributed by atoms with Gasteiger partial charge in [0, 0.05) is 12.7 Å². The molecule has 1 aromatic heterocycles. The minimum absolute atomic E-state index is 0.0931. The summed E-state index contributed by atoms with van der Waals surface area (Å²) in [6.45, 7) is 5.91. The van der Waals surface area contributed by atoms with E-state index >= 15 is 0 Å². The van der Waals surface area contributed by atoms with Crippen LogP contribution in [-0.4, -0.2) is 21.4 Å². The molecule has 0 aliphatic carbocycles. The highest BCUT2D eigenvalue weighted by molar-refractivity contribution is 9.10. The van der Waals surface area contributed by atoms with Gasteiger partial charge < -0.3 is 10.5 Å². The average Bonchev–Trinajstić information content (AvgIpc) is 2.42. The lowest BCUT2D eigenvalue weighted by Gasteiger charge is -2.19. The molecule has 0 spiro atoms. The van der Waals surface area contributed by atoms with Gasteiger partial charge in [-0.3, -0.25) is 9.48 Å². The molecule has 6 heteroatoms. The monoisotopic (exact) mass is 289 g/mol. The molecule has 0 saturated heterocycles. The number of aromatic nitrogens is 2. The Balaban J connectivity index is 2.63. The lowest BCUT2D eigenvalue weighted by Crippen LogP contribution is -2.26. The van der Waals surface area contributed by atoms with E-state index in [1.54, 1.807) is 6.20 Å². The first-order valence-electron chi connectivity index (χ1n) is 4.95. The number of halogens is 1. The van der Waals surface area contributed by atoms with Gasteiger partial charge in [-0.15, -0.1) is 0 Å². The minimum Gasteiger partial charge on any atom is -0.459 e. The first-order valence-corrected chi connectivity index (χ1v) is 5.75. The standard InChI is InChI=1S/C10H16BrN3O2/c1-10(2,3)16-9(15)6-14-5-7(11)8(4-12)13-14/h5H,4,6,12H2,1-3H3. The van der Waals surface area contributed by atoms with E-state index in [0.717, 1.165) is 10.2 Å². The van der Waals surface area contributed by atoms with Gasteiger partial charge >= 0.3 is 5.97 Å². The van der Waals surface area contributed by atoms with Gasteiger partial charge in [0.1, 0.15) is 12.1 Å². The summed E-state index contributed by atoms with van der Waals surface area (Å²) in [4.78, 5) is 11.5. The highest BCUT2D eigenvalue weighted by atomic mass is 79.9. The van der Waals surface area contributed by atoms with Crippen molar-refractivity contribution in [3.8, 4) is 0 Å². The fourth-order valence-corrected chi connectivity index (χ4v) is 1.64. The number of rotatable bonds is 3. The molecule has 2 N–H and O–H groups in total. The molecule has 90 valence electrons. The van der Waals surface area contributed by atoms with E-state index in [2.05, 4.69) is 21.0 Å². The molecule has 0 aromatic carbocycles. The highest BCUT2D eigenvalue weighted by Gasteiger charge is 2.17. The maximum Gasteiger partial charge on any atom is 0.328 e. The van der Waals surface area contributed by atoms with Crippen molar-refractivity contribution in [2.24, 2.45) is 5.73 Å². The number of hydrogen-bond donors (Lipinski definition) is 1. The predicted octanol–water partition coefficient (Wildman–Crippen LogP) is 1.45. The van der Waals surface area contributed by atoms with Crippen LogP contribution in [0, 0.1) is 0 Å². The average molecular weight is 290 g/mol. The number of nitrogens with zero attached hydrogens (tertiary/aromatic N) is 2. The normalized spacial score (nSPS) is 11.6. The number of ether oxygens (including phenoxy) is 1. The third kappa shape index (κ3) is 3.94. The SMILES string of the molecule is CC(C)(C)OC(=O)Cn1cc(Br)c(CN)n1. The van der Waals surface area contributed by atoms with Crippen molar-refractivity contribution < 1.29 is 9.53 Å². The molecule has 0 bridgehead atoms. The first kappa shape index (κ1) is 13.2. The zero-order chi connectivity index (χ0) is 12.3. The second-order valence-electron chi connectivity index (χ2n) is 4.41. The third-order valence-corrected chi connectivity index (χ3v) is 2.35. The van der Waals surface area contributed by atoms with Gasteiger partial charge in [0.2, 0.25) is 0 Å². The number of hydrogen-bond acceptors (Lipinski definition) is 4. The van der Waals surface area contributed by atoms with Crippen molar-refractivity contribution >= 4 is 21.9 Å². The van der Waals surface area contributed by atoms with E-state index < -0.39 is 5.60 Å². The van der Waals surface area contributed by atoms with Gasteiger partial charge in [-0.2, -0.15) is 5.10 Å². The summed E-state index contributed by atoms with van der Waals surface area (Å²) in [6, 6.07) is 0. The van der Waals surface area contributed by atoms with Crippen molar-refractivity contribution in [2.75, 3.05) is 0 Å². The van der Waals surface area contributed by atoms with Crippen LogP contribution >= 0.6 is 15.9 Å². The molecule has 0 aliphatic rings. The quantitative estimate of drug-likeness (QED) is 0.855. The van der Waals surface area contributed by atoms with E-state index in [-0.39, 0.29) is 12.5 Å². The summed E-state index contributed by atoms with van der Waals surface area (Å²) < 4.78 is 7.50. The topological polar surface area (TPSA) is 70.1 Å². The summed E-state index contributed by atoms with van der Waals surface area (Å²) in [5.41, 5.74) is 5.73. The van der Waals surface area contributed by atoms with Gasteiger partial charge in [-0.25, -0.2) is 0 Å². The second kappa shape index (κ2) is 4.97. The fourth-order valence-electron chi connectivity index (χ4n) is 1.16. The van der Waals surface area contributed by atoms with Crippen molar-refractivity contribution in [1.29, 1.82) is 0 Å². The van der Waals surface area contributed by atoms with Gasteiger partial charge in [-0.05, 0) is 36.7 Å². The molecule has 0 amide bonds. The Morgan fingerprint density at radius 1 is 1.62 bits per heavy atom. The van der Waals surface area contributed by atoms with Gasteiger partial charge in [0.25, 0.3) is 0 Å². The van der Waals surface area contributed by atoms with E-state index in [1.807, 2.05) is 20.8 Å². The zero-order valence-corrected chi connectivity index (χ0v) is 11.2. The molecule has 1 heterocycles. The maximum absolute atomic E-state index is 11.5. The van der Waals surface area contributed by atoms with E-state index in [1.165, 1.54) is 4.68 Å². The Morgan fingerprint density at radius 3 is 2.69 bits per heavy atom. The van der Waals surface area contributed by atoms with Crippen molar-refractivity contribution in [1.82, 2.24) is 9.78 Å². The number of esters is 1. The molecule has 1 rings (SSSR count). The van der Waals surface area contributed by atoms with Gasteiger partial charge in [0.05, 0.1) is 10.2 Å². The van der Waals surface area contributed by atoms with Crippen molar-refractivity contribution in [3.05, 3.63) is 16.4 Å². The minimum atomic E-state index is -0.474. The Labute approximate surface area is 103 Å². The van der Waals surface area contributed by atoms with Crippen LogP contribution in [0.1, 0.15) is 26.5 Å². The first-order chi connectivity index (χ1) is 7.31. The molecule has 1 aromatic rings.